The summed E-state index contributed by atoms with van der Waals surface area (Å²) >= 11 is 0. The van der Waals surface area contributed by atoms with Crippen molar-refractivity contribution in [2.75, 3.05) is 0 Å². The van der Waals surface area contributed by atoms with Gasteiger partial charge in [0, 0.05) is 24.7 Å². The van der Waals surface area contributed by atoms with Crippen LogP contribution in [0.3, 0.4) is 0 Å². The Hall–Kier alpha value is -2.21. The van der Waals surface area contributed by atoms with Gasteiger partial charge in [-0.1, -0.05) is 0 Å². The molecule has 0 aliphatic carbocycles. The molecule has 3 heterocycles. The minimum absolute atomic E-state index is 0.361. The second kappa shape index (κ2) is 3.42. The highest BCUT2D eigenvalue weighted by molar-refractivity contribution is 5.47. The van der Waals surface area contributed by atoms with E-state index in [4.69, 9.17) is 5.73 Å². The number of nitrogens with zero attached hydrogens (tertiary/aromatic N) is 5. The summed E-state index contributed by atoms with van der Waals surface area (Å²) in [4.78, 5) is 8.29. The number of pyridine rings is 1. The van der Waals surface area contributed by atoms with Crippen LogP contribution in [-0.4, -0.2) is 24.1 Å². The molecule has 16 heavy (non-hydrogen) atoms. The highest BCUT2D eigenvalue weighted by atomic mass is 15.3. The topological polar surface area (TPSA) is 74.0 Å². The summed E-state index contributed by atoms with van der Waals surface area (Å²) in [6, 6.07) is 3.89. The van der Waals surface area contributed by atoms with Crippen LogP contribution < -0.4 is 5.73 Å². The molecule has 2 N–H and O–H groups in total. The molecule has 0 atom stereocenters. The second-order valence-electron chi connectivity index (χ2n) is 3.37. The summed E-state index contributed by atoms with van der Waals surface area (Å²) in [7, 11) is 0. The predicted molar refractivity (Wildman–Crippen MR) is 58.0 cm³/mol. The zero-order valence-electron chi connectivity index (χ0n) is 8.48. The molecular weight excluding hydrogens is 204 g/mol. The smallest absolute Gasteiger partial charge is 0.145 e. The van der Waals surface area contributed by atoms with Gasteiger partial charge in [-0.3, -0.25) is 0 Å². The number of aromatic nitrogens is 5. The molecule has 0 radical (unpaired) electrons. The Morgan fingerprint density at radius 3 is 3.06 bits per heavy atom. The molecule has 3 rings (SSSR count). The summed E-state index contributed by atoms with van der Waals surface area (Å²) in [5, 5.41) is 4.14. The van der Waals surface area contributed by atoms with Gasteiger partial charge in [0.1, 0.15) is 17.8 Å². The normalized spacial score (nSPS) is 11.1. The zero-order valence-corrected chi connectivity index (χ0v) is 8.48. The van der Waals surface area contributed by atoms with Gasteiger partial charge >= 0.3 is 0 Å². The molecule has 3 aromatic rings. The molecule has 3 aromatic heterocycles. The van der Waals surface area contributed by atoms with Crippen LogP contribution in [0.4, 0.5) is 0 Å². The van der Waals surface area contributed by atoms with Crippen molar-refractivity contribution >= 4 is 5.65 Å². The van der Waals surface area contributed by atoms with Crippen LogP contribution in [0.2, 0.25) is 0 Å². The van der Waals surface area contributed by atoms with Gasteiger partial charge in [-0.2, -0.15) is 5.10 Å². The van der Waals surface area contributed by atoms with E-state index in [1.54, 1.807) is 10.9 Å². The number of imidazole rings is 1. The highest BCUT2D eigenvalue weighted by Gasteiger charge is 2.05. The number of nitrogens with two attached hydrogens (primary N) is 1. The molecule has 6 nitrogen and oxygen atoms in total. The molecule has 0 saturated heterocycles. The first-order valence-corrected chi connectivity index (χ1v) is 4.90. The molecule has 0 amide bonds. The van der Waals surface area contributed by atoms with Crippen molar-refractivity contribution in [3.63, 3.8) is 0 Å². The molecule has 0 bridgehead atoms. The van der Waals surface area contributed by atoms with Gasteiger partial charge in [0.25, 0.3) is 0 Å². The molecule has 0 aliphatic rings. The van der Waals surface area contributed by atoms with Crippen LogP contribution in [0.25, 0.3) is 11.3 Å². The minimum atomic E-state index is 0.361. The average molecular weight is 214 g/mol. The Morgan fingerprint density at radius 1 is 1.25 bits per heavy atom. The van der Waals surface area contributed by atoms with Crippen LogP contribution in [0.5, 0.6) is 0 Å². The van der Waals surface area contributed by atoms with Crippen molar-refractivity contribution in [2.24, 2.45) is 5.73 Å². The van der Waals surface area contributed by atoms with E-state index in [2.05, 4.69) is 15.1 Å². The Labute approximate surface area is 91.4 Å². The molecule has 0 aromatic carbocycles. The first-order chi connectivity index (χ1) is 7.88. The van der Waals surface area contributed by atoms with Crippen molar-refractivity contribution < 1.29 is 0 Å². The molecular formula is C10H10N6. The Morgan fingerprint density at radius 2 is 2.19 bits per heavy atom. The number of hydrogen-bond donors (Lipinski definition) is 1. The van der Waals surface area contributed by atoms with E-state index in [1.807, 2.05) is 28.9 Å². The van der Waals surface area contributed by atoms with Gasteiger partial charge in [0.15, 0.2) is 0 Å². The maximum atomic E-state index is 5.58. The fourth-order valence-electron chi connectivity index (χ4n) is 1.65. The average Bonchev–Trinajstić information content (AvgIpc) is 2.96. The fraction of sp³-hybridized carbons (Fsp3) is 0.100. The number of rotatable bonds is 2. The summed E-state index contributed by atoms with van der Waals surface area (Å²) in [6.07, 6.45) is 7.08. The lowest BCUT2D eigenvalue weighted by Gasteiger charge is -2.04. The SMILES string of the molecule is NCc1ncnn1-c1ccn2ccnc2c1. The fourth-order valence-corrected chi connectivity index (χ4v) is 1.65. The molecule has 0 aliphatic heterocycles. The van der Waals surface area contributed by atoms with Gasteiger partial charge in [-0.25, -0.2) is 14.6 Å². The van der Waals surface area contributed by atoms with Crippen LogP contribution in [0, 0.1) is 0 Å². The van der Waals surface area contributed by atoms with Crippen LogP contribution in [0.1, 0.15) is 5.82 Å². The molecule has 0 unspecified atom stereocenters. The van der Waals surface area contributed by atoms with E-state index >= 15 is 0 Å². The van der Waals surface area contributed by atoms with Gasteiger partial charge < -0.3 is 10.1 Å². The maximum Gasteiger partial charge on any atom is 0.145 e. The van der Waals surface area contributed by atoms with Gasteiger partial charge in [-0.05, 0) is 6.07 Å². The lowest BCUT2D eigenvalue weighted by molar-refractivity contribution is 0.788. The standard InChI is InChI=1S/C10H10N6/c11-6-10-13-7-14-16(10)8-1-3-15-4-2-12-9(15)5-8/h1-5,7H,6,11H2. The van der Waals surface area contributed by atoms with Crippen molar-refractivity contribution in [3.05, 3.63) is 42.9 Å². The minimum Gasteiger partial charge on any atom is -0.324 e. The molecule has 0 saturated carbocycles. The van der Waals surface area contributed by atoms with E-state index in [-0.39, 0.29) is 0 Å². The Kier molecular flexibility index (Phi) is 1.94. The summed E-state index contributed by atoms with van der Waals surface area (Å²) in [5.74, 6) is 0.732. The third-order valence-electron chi connectivity index (χ3n) is 2.43. The van der Waals surface area contributed by atoms with Gasteiger partial charge in [0.05, 0.1) is 12.2 Å². The molecule has 6 heteroatoms. The van der Waals surface area contributed by atoms with Crippen molar-refractivity contribution in [2.45, 2.75) is 6.54 Å². The number of hydrogen-bond acceptors (Lipinski definition) is 4. The van der Waals surface area contributed by atoms with Gasteiger partial charge in [-0.15, -0.1) is 0 Å². The second-order valence-corrected chi connectivity index (χ2v) is 3.37. The third kappa shape index (κ3) is 1.28. The molecule has 0 spiro atoms. The zero-order chi connectivity index (χ0) is 11.0. The molecule has 80 valence electrons. The lowest BCUT2D eigenvalue weighted by Crippen LogP contribution is -2.08. The predicted octanol–water partition coefficient (Wildman–Crippen LogP) is 0.374. The number of fused-ring (bicyclic) bond motifs is 1. The van der Waals surface area contributed by atoms with Gasteiger partial charge in [0.2, 0.25) is 0 Å². The first kappa shape index (κ1) is 9.05. The Balaban J connectivity index is 2.18. The van der Waals surface area contributed by atoms with E-state index in [0.717, 1.165) is 17.2 Å². The lowest BCUT2D eigenvalue weighted by atomic mass is 10.4. The van der Waals surface area contributed by atoms with Crippen LogP contribution in [0.15, 0.2) is 37.1 Å². The van der Waals surface area contributed by atoms with E-state index in [9.17, 15) is 0 Å². The largest absolute Gasteiger partial charge is 0.324 e. The van der Waals surface area contributed by atoms with Crippen LogP contribution in [-0.2, 0) is 6.54 Å². The monoisotopic (exact) mass is 214 g/mol. The summed E-state index contributed by atoms with van der Waals surface area (Å²) in [6.45, 7) is 0.361. The molecule has 0 fully saturated rings. The third-order valence-corrected chi connectivity index (χ3v) is 2.43. The van der Waals surface area contributed by atoms with Crippen molar-refractivity contribution in [3.8, 4) is 5.69 Å². The summed E-state index contributed by atoms with van der Waals surface area (Å²) in [5.41, 5.74) is 7.37. The van der Waals surface area contributed by atoms with Crippen LogP contribution >= 0.6 is 0 Å². The van der Waals surface area contributed by atoms with E-state index in [1.165, 1.54) is 6.33 Å². The quantitative estimate of drug-likeness (QED) is 0.669. The van der Waals surface area contributed by atoms with Crippen molar-refractivity contribution in [1.29, 1.82) is 0 Å². The van der Waals surface area contributed by atoms with Crippen molar-refractivity contribution in [1.82, 2.24) is 24.1 Å². The first-order valence-electron chi connectivity index (χ1n) is 4.90. The highest BCUT2D eigenvalue weighted by Crippen LogP contribution is 2.10. The Bertz CT molecular complexity index is 623. The van der Waals surface area contributed by atoms with E-state index < -0.39 is 0 Å². The van der Waals surface area contributed by atoms with E-state index in [0.29, 0.717) is 6.54 Å². The maximum absolute atomic E-state index is 5.58. The summed E-state index contributed by atoms with van der Waals surface area (Å²) < 4.78 is 3.65.